The molecule has 0 heterocycles. The maximum Gasteiger partial charge on any atom is 0.390 e. The molecule has 0 bridgehead atoms. The van der Waals surface area contributed by atoms with Crippen LogP contribution in [-0.4, -0.2) is 18.8 Å². The third-order valence-electron chi connectivity index (χ3n) is 2.49. The molecule has 0 aliphatic rings. The van der Waals surface area contributed by atoms with E-state index >= 15 is 0 Å². The summed E-state index contributed by atoms with van der Waals surface area (Å²) in [5.74, 6) is 0. The van der Waals surface area contributed by atoms with Crippen molar-refractivity contribution in [3.63, 3.8) is 0 Å². The Labute approximate surface area is 100 Å². The molecule has 0 radical (unpaired) electrons. The summed E-state index contributed by atoms with van der Waals surface area (Å²) in [7, 11) is 0. The van der Waals surface area contributed by atoms with E-state index in [1.54, 1.807) is 0 Å². The van der Waals surface area contributed by atoms with Crippen LogP contribution in [0.3, 0.4) is 0 Å². The third kappa shape index (κ3) is 6.31. The van der Waals surface area contributed by atoms with Crippen molar-refractivity contribution in [1.82, 2.24) is 5.32 Å². The Hall–Kier alpha value is -1.03. The van der Waals surface area contributed by atoms with Crippen LogP contribution in [0.1, 0.15) is 25.3 Å². The van der Waals surface area contributed by atoms with Crippen LogP contribution in [-0.2, 0) is 6.42 Å². The number of nitrogens with one attached hydrogen (secondary N) is 1. The van der Waals surface area contributed by atoms with E-state index in [1.807, 2.05) is 37.3 Å². The molecule has 96 valence electrons. The molecule has 0 saturated carbocycles. The summed E-state index contributed by atoms with van der Waals surface area (Å²) in [6.07, 6.45) is -3.63. The molecule has 0 aromatic heterocycles. The highest BCUT2D eigenvalue weighted by atomic mass is 19.4. The van der Waals surface area contributed by atoms with Crippen molar-refractivity contribution in [2.45, 2.75) is 38.4 Å². The first-order valence-corrected chi connectivity index (χ1v) is 5.85. The van der Waals surface area contributed by atoms with Gasteiger partial charge < -0.3 is 5.32 Å². The van der Waals surface area contributed by atoms with Gasteiger partial charge in [-0.3, -0.25) is 0 Å². The van der Waals surface area contributed by atoms with Crippen molar-refractivity contribution in [2.24, 2.45) is 0 Å². The molecule has 1 N–H and O–H groups in total. The topological polar surface area (TPSA) is 12.0 Å². The van der Waals surface area contributed by atoms with E-state index in [2.05, 4.69) is 5.32 Å². The molecule has 1 unspecified atom stereocenters. The first-order chi connectivity index (χ1) is 8.01. The van der Waals surface area contributed by atoms with Gasteiger partial charge in [-0.15, -0.1) is 0 Å². The summed E-state index contributed by atoms with van der Waals surface area (Å²) in [4.78, 5) is 0. The third-order valence-corrected chi connectivity index (χ3v) is 2.49. The van der Waals surface area contributed by atoms with Crippen LogP contribution in [0.2, 0.25) is 0 Å². The van der Waals surface area contributed by atoms with E-state index in [4.69, 9.17) is 0 Å². The SMILES string of the molecule is CCCNC(Cc1ccccc1)CC(F)(F)F. The summed E-state index contributed by atoms with van der Waals surface area (Å²) >= 11 is 0. The van der Waals surface area contributed by atoms with Gasteiger partial charge in [0.25, 0.3) is 0 Å². The molecule has 0 fully saturated rings. The Bertz CT molecular complexity index is 308. The van der Waals surface area contributed by atoms with Gasteiger partial charge in [0.2, 0.25) is 0 Å². The van der Waals surface area contributed by atoms with E-state index < -0.39 is 18.6 Å². The summed E-state index contributed by atoms with van der Waals surface area (Å²) < 4.78 is 37.2. The first kappa shape index (κ1) is 14.0. The largest absolute Gasteiger partial charge is 0.390 e. The second kappa shape index (κ2) is 6.64. The van der Waals surface area contributed by atoms with Crippen LogP contribution >= 0.6 is 0 Å². The zero-order valence-electron chi connectivity index (χ0n) is 9.93. The minimum absolute atomic E-state index is 0.417. The lowest BCUT2D eigenvalue weighted by Gasteiger charge is -2.20. The van der Waals surface area contributed by atoms with E-state index in [0.29, 0.717) is 13.0 Å². The average Bonchev–Trinajstić information content (AvgIpc) is 2.25. The van der Waals surface area contributed by atoms with Gasteiger partial charge in [0, 0.05) is 6.04 Å². The molecular weight excluding hydrogens is 227 g/mol. The van der Waals surface area contributed by atoms with Crippen LogP contribution in [0.15, 0.2) is 30.3 Å². The maximum atomic E-state index is 12.4. The Kier molecular flexibility index (Phi) is 5.48. The predicted molar refractivity (Wildman–Crippen MR) is 62.9 cm³/mol. The molecule has 4 heteroatoms. The lowest BCUT2D eigenvalue weighted by atomic mass is 10.0. The molecule has 1 nitrogen and oxygen atoms in total. The van der Waals surface area contributed by atoms with Gasteiger partial charge >= 0.3 is 6.18 Å². The molecule has 1 atom stereocenters. The number of halogens is 3. The maximum absolute atomic E-state index is 12.4. The minimum atomic E-state index is -4.11. The molecular formula is C13H18F3N. The van der Waals surface area contributed by atoms with E-state index in [0.717, 1.165) is 12.0 Å². The van der Waals surface area contributed by atoms with Gasteiger partial charge in [-0.05, 0) is 24.9 Å². The fourth-order valence-electron chi connectivity index (χ4n) is 1.74. The van der Waals surface area contributed by atoms with Crippen molar-refractivity contribution < 1.29 is 13.2 Å². The van der Waals surface area contributed by atoms with Gasteiger partial charge in [-0.1, -0.05) is 37.3 Å². The molecule has 0 spiro atoms. The van der Waals surface area contributed by atoms with Crippen molar-refractivity contribution in [3.05, 3.63) is 35.9 Å². The lowest BCUT2D eigenvalue weighted by Crippen LogP contribution is -2.36. The standard InChI is InChI=1S/C13H18F3N/c1-2-8-17-12(10-13(14,15)16)9-11-6-4-3-5-7-11/h3-7,12,17H,2,8-10H2,1H3. The molecule has 17 heavy (non-hydrogen) atoms. The number of rotatable bonds is 6. The van der Waals surface area contributed by atoms with Crippen LogP contribution in [0.5, 0.6) is 0 Å². The molecule has 1 rings (SSSR count). The summed E-state index contributed by atoms with van der Waals surface area (Å²) in [6, 6.07) is 8.74. The van der Waals surface area contributed by atoms with Crippen molar-refractivity contribution >= 4 is 0 Å². The molecule has 1 aromatic rings. The first-order valence-electron chi connectivity index (χ1n) is 5.85. The number of alkyl halides is 3. The average molecular weight is 245 g/mol. The van der Waals surface area contributed by atoms with Crippen molar-refractivity contribution in [3.8, 4) is 0 Å². The smallest absolute Gasteiger partial charge is 0.313 e. The van der Waals surface area contributed by atoms with Crippen molar-refractivity contribution in [2.75, 3.05) is 6.54 Å². The zero-order chi connectivity index (χ0) is 12.7. The lowest BCUT2D eigenvalue weighted by molar-refractivity contribution is -0.139. The number of hydrogen-bond acceptors (Lipinski definition) is 1. The number of hydrogen-bond donors (Lipinski definition) is 1. The van der Waals surface area contributed by atoms with Crippen LogP contribution in [0.25, 0.3) is 0 Å². The summed E-state index contributed by atoms with van der Waals surface area (Å²) in [5.41, 5.74) is 0.936. The highest BCUT2D eigenvalue weighted by molar-refractivity contribution is 5.15. The van der Waals surface area contributed by atoms with Gasteiger partial charge in [-0.2, -0.15) is 13.2 Å². The second-order valence-electron chi connectivity index (χ2n) is 4.16. The molecule has 0 saturated heterocycles. The quantitative estimate of drug-likeness (QED) is 0.808. The monoisotopic (exact) mass is 245 g/mol. The summed E-state index contributed by atoms with van der Waals surface area (Å²) in [6.45, 7) is 2.56. The molecule has 0 aliphatic carbocycles. The molecule has 1 aromatic carbocycles. The molecule has 0 amide bonds. The van der Waals surface area contributed by atoms with Crippen molar-refractivity contribution in [1.29, 1.82) is 0 Å². The van der Waals surface area contributed by atoms with E-state index in [1.165, 1.54) is 0 Å². The van der Waals surface area contributed by atoms with Gasteiger partial charge in [-0.25, -0.2) is 0 Å². The minimum Gasteiger partial charge on any atom is -0.313 e. The number of benzene rings is 1. The Morgan fingerprint density at radius 1 is 1.18 bits per heavy atom. The second-order valence-corrected chi connectivity index (χ2v) is 4.16. The fourth-order valence-corrected chi connectivity index (χ4v) is 1.74. The molecule has 0 aliphatic heterocycles. The van der Waals surface area contributed by atoms with Crippen LogP contribution < -0.4 is 5.32 Å². The fraction of sp³-hybridized carbons (Fsp3) is 0.538. The highest BCUT2D eigenvalue weighted by Gasteiger charge is 2.31. The van der Waals surface area contributed by atoms with Gasteiger partial charge in [0.05, 0.1) is 6.42 Å². The van der Waals surface area contributed by atoms with Gasteiger partial charge in [0.15, 0.2) is 0 Å². The predicted octanol–water partition coefficient (Wildman–Crippen LogP) is 3.55. The van der Waals surface area contributed by atoms with Crippen LogP contribution in [0.4, 0.5) is 13.2 Å². The summed E-state index contributed by atoms with van der Waals surface area (Å²) in [5, 5.41) is 2.95. The Balaban J connectivity index is 2.57. The van der Waals surface area contributed by atoms with E-state index in [9.17, 15) is 13.2 Å². The highest BCUT2D eigenvalue weighted by Crippen LogP contribution is 2.23. The normalized spacial score (nSPS) is 13.6. The van der Waals surface area contributed by atoms with Crippen LogP contribution in [0, 0.1) is 0 Å². The Morgan fingerprint density at radius 3 is 2.35 bits per heavy atom. The Morgan fingerprint density at radius 2 is 1.82 bits per heavy atom. The zero-order valence-corrected chi connectivity index (χ0v) is 9.93. The van der Waals surface area contributed by atoms with Gasteiger partial charge in [0.1, 0.15) is 0 Å². The van der Waals surface area contributed by atoms with E-state index in [-0.39, 0.29) is 0 Å².